The van der Waals surface area contributed by atoms with Gasteiger partial charge in [-0.25, -0.2) is 4.79 Å². The Morgan fingerprint density at radius 2 is 2.00 bits per heavy atom. The summed E-state index contributed by atoms with van der Waals surface area (Å²) in [7, 11) is 0. The van der Waals surface area contributed by atoms with E-state index in [0.717, 1.165) is 0 Å². The second-order valence-electron chi connectivity index (χ2n) is 4.46. The average molecular weight is 343 g/mol. The summed E-state index contributed by atoms with van der Waals surface area (Å²) in [6.45, 7) is 3.72. The molecule has 0 spiro atoms. The van der Waals surface area contributed by atoms with Gasteiger partial charge >= 0.3 is 58.0 Å². The van der Waals surface area contributed by atoms with Gasteiger partial charge in [0.25, 0.3) is 0 Å². The molecular formula is C13H19BrMgO4. The molecule has 0 fully saturated rings. The third-order valence-electron chi connectivity index (χ3n) is 2.69. The van der Waals surface area contributed by atoms with Gasteiger partial charge in [0, 0.05) is 5.57 Å². The van der Waals surface area contributed by atoms with Crippen LogP contribution in [0.3, 0.4) is 0 Å². The van der Waals surface area contributed by atoms with Gasteiger partial charge in [-0.2, -0.15) is 0 Å². The van der Waals surface area contributed by atoms with Gasteiger partial charge in [0.05, 0.1) is 5.41 Å². The van der Waals surface area contributed by atoms with Gasteiger partial charge in [-0.3, -0.25) is 4.79 Å². The van der Waals surface area contributed by atoms with E-state index in [-0.39, 0.29) is 29.0 Å². The predicted octanol–water partition coefficient (Wildman–Crippen LogP) is -0.574. The molecule has 0 radical (unpaired) electrons. The van der Waals surface area contributed by atoms with Crippen molar-refractivity contribution in [3.63, 3.8) is 0 Å². The van der Waals surface area contributed by atoms with Crippen LogP contribution in [0.2, 0.25) is 4.55 Å². The van der Waals surface area contributed by atoms with Crippen LogP contribution in [0.4, 0.5) is 0 Å². The van der Waals surface area contributed by atoms with Crippen LogP contribution >= 0.6 is 0 Å². The Morgan fingerprint density at radius 1 is 1.42 bits per heavy atom. The van der Waals surface area contributed by atoms with E-state index in [9.17, 15) is 9.59 Å². The van der Waals surface area contributed by atoms with Gasteiger partial charge in [0.15, 0.2) is 0 Å². The van der Waals surface area contributed by atoms with Gasteiger partial charge in [0.1, 0.15) is 0 Å². The minimum absolute atomic E-state index is 0. The molecule has 0 saturated heterocycles. The fourth-order valence-electron chi connectivity index (χ4n) is 1.43. The summed E-state index contributed by atoms with van der Waals surface area (Å²) in [6.07, 6.45) is 7.19. The monoisotopic (exact) mass is 342 g/mol. The number of hydrogen-bond acceptors (Lipinski definition) is 2. The number of unbranched alkanes of at least 4 members (excludes halogenated alkanes) is 1. The van der Waals surface area contributed by atoms with Gasteiger partial charge in [-0.05, 0) is 13.3 Å². The van der Waals surface area contributed by atoms with E-state index < -0.39 is 17.4 Å². The Balaban J connectivity index is 0. The summed E-state index contributed by atoms with van der Waals surface area (Å²) in [6, 6.07) is 0. The van der Waals surface area contributed by atoms with Crippen molar-refractivity contribution in [2.24, 2.45) is 5.41 Å². The Hall–Kier alpha value is -0.334. The molecule has 6 heteroatoms. The zero-order valence-electron chi connectivity index (χ0n) is 11.4. The fourth-order valence-corrected chi connectivity index (χ4v) is 1.93. The largest absolute Gasteiger partial charge is 1.00 e. The molecule has 0 heterocycles. The first-order chi connectivity index (χ1) is 8.37. The number of aliphatic carboxylic acids is 2. The fraction of sp³-hybridized carbons (Fsp3) is 0.538. The molecule has 19 heavy (non-hydrogen) atoms. The van der Waals surface area contributed by atoms with E-state index >= 15 is 0 Å². The van der Waals surface area contributed by atoms with Crippen LogP contribution in [0.5, 0.6) is 0 Å². The van der Waals surface area contributed by atoms with E-state index in [2.05, 4.69) is 6.92 Å². The van der Waals surface area contributed by atoms with E-state index in [1.807, 2.05) is 21.7 Å². The molecule has 1 rings (SSSR count). The van der Waals surface area contributed by atoms with Crippen LogP contribution in [0.1, 0.15) is 33.1 Å². The summed E-state index contributed by atoms with van der Waals surface area (Å²) >= 11 is 2.05. The van der Waals surface area contributed by atoms with Gasteiger partial charge in [-0.1, -0.05) is 18.2 Å². The number of hydrogen-bond donors (Lipinski definition) is 2. The van der Waals surface area contributed by atoms with Crippen LogP contribution in [0, 0.1) is 5.41 Å². The molecule has 2 N–H and O–H groups in total. The van der Waals surface area contributed by atoms with E-state index in [0.29, 0.717) is 0 Å². The van der Waals surface area contributed by atoms with Crippen molar-refractivity contribution in [3.05, 3.63) is 23.8 Å². The van der Waals surface area contributed by atoms with E-state index in [4.69, 9.17) is 10.2 Å². The summed E-state index contributed by atoms with van der Waals surface area (Å²) in [5.74, 6) is -2.06. The van der Waals surface area contributed by atoms with Crippen molar-refractivity contribution in [3.8, 4) is 0 Å². The van der Waals surface area contributed by atoms with Gasteiger partial charge < -0.3 is 27.2 Å². The molecule has 0 aromatic carbocycles. The van der Waals surface area contributed by atoms with Crippen LogP contribution in [0.15, 0.2) is 23.8 Å². The number of allylic oxidation sites excluding steroid dienone is 2. The molecule has 1 atom stereocenters. The molecule has 0 aliphatic heterocycles. The van der Waals surface area contributed by atoms with Crippen LogP contribution in [-0.4, -0.2) is 43.9 Å². The normalized spacial score (nSPS) is 20.5. The summed E-state index contributed by atoms with van der Waals surface area (Å²) in [5, 5.41) is 17.5. The minimum Gasteiger partial charge on any atom is -1.00 e. The third kappa shape index (κ3) is 7.74. The van der Waals surface area contributed by atoms with Crippen molar-refractivity contribution in [2.75, 3.05) is 0 Å². The zero-order chi connectivity index (χ0) is 14.2. The molecule has 1 aliphatic rings. The number of carbonyl (C=O) groups is 2. The number of rotatable bonds is 4. The quantitative estimate of drug-likeness (QED) is 0.670. The Labute approximate surface area is 137 Å². The predicted molar refractivity (Wildman–Crippen MR) is 70.7 cm³/mol. The number of halogens is 1. The molecule has 1 aliphatic carbocycles. The summed E-state index contributed by atoms with van der Waals surface area (Å²) in [5.41, 5.74) is -0.949. The molecule has 0 amide bonds. The van der Waals surface area contributed by atoms with Crippen LogP contribution < -0.4 is 17.0 Å². The number of carboxylic acid groups (broad SMARTS) is 2. The van der Waals surface area contributed by atoms with Crippen molar-refractivity contribution < 1.29 is 36.8 Å². The standard InChI is InChI=1S/C9H10O4.C4H9.BrH.Mg/c1-9(8(12)13)4-2-3-6(5-9)7(10)11;1-3-4-2;;/h2-4H,5H2,1H3,(H,10,11)(H,12,13);1,3-4H2,2H3;1H;/q;;;+1/p-1. The second kappa shape index (κ2) is 10.5. The van der Waals surface area contributed by atoms with Crippen molar-refractivity contribution >= 4 is 33.6 Å². The molecule has 0 saturated carbocycles. The first kappa shape index (κ1) is 21.0. The van der Waals surface area contributed by atoms with Crippen LogP contribution in [-0.2, 0) is 9.59 Å². The molecule has 0 bridgehead atoms. The second-order valence-corrected chi connectivity index (χ2v) is 5.17. The Kier molecular flexibility index (Phi) is 11.5. The van der Waals surface area contributed by atoms with Crippen LogP contribution in [0.25, 0.3) is 0 Å². The van der Waals surface area contributed by atoms with Crippen molar-refractivity contribution in [2.45, 2.75) is 37.7 Å². The number of carboxylic acids is 2. The molecule has 1 unspecified atom stereocenters. The Morgan fingerprint density at radius 3 is 2.32 bits per heavy atom. The molecule has 104 valence electrons. The molecule has 0 aromatic heterocycles. The first-order valence-electron chi connectivity index (χ1n) is 6.01. The third-order valence-corrected chi connectivity index (χ3v) is 3.19. The first-order valence-corrected chi connectivity index (χ1v) is 7.01. The summed E-state index contributed by atoms with van der Waals surface area (Å²) < 4.78 is 1.37. The average Bonchev–Trinajstić information content (AvgIpc) is 2.30. The minimum atomic E-state index is -1.08. The zero-order valence-corrected chi connectivity index (χ0v) is 14.4. The van der Waals surface area contributed by atoms with E-state index in [1.165, 1.54) is 42.5 Å². The van der Waals surface area contributed by atoms with Crippen molar-refractivity contribution in [1.29, 1.82) is 0 Å². The maximum absolute atomic E-state index is 10.8. The SMILES string of the molecule is CC1(C(=O)O)C=CC=C(C(=O)O)C1.CCC[CH2][Mg+].[Br-]. The smallest absolute Gasteiger partial charge is 1.00 e. The molecule has 0 aromatic rings. The van der Waals surface area contributed by atoms with E-state index in [1.54, 1.807) is 0 Å². The molecular weight excluding hydrogens is 324 g/mol. The topological polar surface area (TPSA) is 74.6 Å². The van der Waals surface area contributed by atoms with Gasteiger partial charge in [-0.15, -0.1) is 0 Å². The van der Waals surface area contributed by atoms with Gasteiger partial charge in [0.2, 0.25) is 0 Å². The maximum Gasteiger partial charge on any atom is -1.00 e. The van der Waals surface area contributed by atoms with Crippen molar-refractivity contribution in [1.82, 2.24) is 0 Å². The Bertz CT molecular complexity index is 364. The summed E-state index contributed by atoms with van der Waals surface area (Å²) in [4.78, 5) is 21.3. The maximum atomic E-state index is 10.8. The molecule has 4 nitrogen and oxygen atoms in total.